The molecule has 0 atom stereocenters. The van der Waals surface area contributed by atoms with Crippen molar-refractivity contribution in [3.63, 3.8) is 0 Å². The first-order chi connectivity index (χ1) is 8.74. The Labute approximate surface area is 109 Å². The molecule has 0 spiro atoms. The van der Waals surface area contributed by atoms with E-state index in [1.165, 1.54) is 25.7 Å². The summed E-state index contributed by atoms with van der Waals surface area (Å²) in [5, 5.41) is 0. The monoisotopic (exact) mass is 251 g/mol. The highest BCUT2D eigenvalue weighted by molar-refractivity contribution is 5.92. The highest BCUT2D eigenvalue weighted by Gasteiger charge is 2.06. The number of amides is 1. The lowest BCUT2D eigenvalue weighted by molar-refractivity contribution is -0.732. The molecule has 0 saturated carbocycles. The minimum Gasteiger partial charge on any atom is -0.365 e. The first kappa shape index (κ1) is 14.6. The number of unbranched alkanes of at least 4 members (excludes halogenated alkanes) is 4. The van der Waals surface area contributed by atoms with Gasteiger partial charge in [-0.1, -0.05) is 32.6 Å². The van der Waals surface area contributed by atoms with Crippen molar-refractivity contribution in [3.05, 3.63) is 30.1 Å². The van der Waals surface area contributed by atoms with Crippen LogP contribution in [0.5, 0.6) is 0 Å². The number of hydrogen-bond acceptors (Lipinski definition) is 2. The molecule has 0 fully saturated rings. The van der Waals surface area contributed by atoms with Crippen molar-refractivity contribution >= 4 is 5.91 Å². The molecule has 0 bridgehead atoms. The van der Waals surface area contributed by atoms with Gasteiger partial charge in [0.05, 0.1) is 6.61 Å². The molecule has 0 aliphatic carbocycles. The molecular weight excluding hydrogens is 228 g/mol. The van der Waals surface area contributed by atoms with Gasteiger partial charge in [-0.25, -0.2) is 0 Å². The summed E-state index contributed by atoms with van der Waals surface area (Å²) in [6, 6.07) is 3.49. The summed E-state index contributed by atoms with van der Waals surface area (Å²) in [4.78, 5) is 11.0. The number of pyridine rings is 1. The summed E-state index contributed by atoms with van der Waals surface area (Å²) in [5.41, 5.74) is 5.72. The van der Waals surface area contributed by atoms with E-state index in [4.69, 9.17) is 10.5 Å². The number of rotatable bonds is 9. The van der Waals surface area contributed by atoms with Gasteiger partial charge < -0.3 is 10.5 Å². The fourth-order valence-electron chi connectivity index (χ4n) is 1.73. The van der Waals surface area contributed by atoms with Crippen molar-refractivity contribution in [3.8, 4) is 0 Å². The maximum absolute atomic E-state index is 11.0. The molecule has 0 unspecified atom stereocenters. The Morgan fingerprint density at radius 1 is 1.33 bits per heavy atom. The molecule has 1 rings (SSSR count). The zero-order valence-electron chi connectivity index (χ0n) is 11.1. The third-order valence-corrected chi connectivity index (χ3v) is 2.78. The molecule has 0 aliphatic rings. The molecule has 18 heavy (non-hydrogen) atoms. The molecule has 0 aromatic carbocycles. The number of primary amides is 1. The third-order valence-electron chi connectivity index (χ3n) is 2.78. The largest absolute Gasteiger partial charge is 0.365 e. The number of aromatic nitrogens is 1. The predicted octanol–water partition coefficient (Wildman–Crippen LogP) is 2.02. The quantitative estimate of drug-likeness (QED) is 0.539. The highest BCUT2D eigenvalue weighted by Crippen LogP contribution is 2.02. The second-order valence-electron chi connectivity index (χ2n) is 4.42. The average molecular weight is 251 g/mol. The molecule has 1 heterocycles. The highest BCUT2D eigenvalue weighted by atomic mass is 16.5. The van der Waals surface area contributed by atoms with Crippen LogP contribution in [-0.2, 0) is 11.5 Å². The van der Waals surface area contributed by atoms with E-state index in [0.717, 1.165) is 13.0 Å². The van der Waals surface area contributed by atoms with E-state index in [1.54, 1.807) is 18.3 Å². The number of nitrogens with two attached hydrogens (primary N) is 1. The lowest BCUT2D eigenvalue weighted by atomic mass is 10.2. The van der Waals surface area contributed by atoms with Crippen LogP contribution in [0.25, 0.3) is 0 Å². The van der Waals surface area contributed by atoms with Crippen LogP contribution in [0.1, 0.15) is 49.4 Å². The molecular formula is C14H23N2O2+. The van der Waals surface area contributed by atoms with Gasteiger partial charge in [0.2, 0.25) is 0 Å². The Morgan fingerprint density at radius 2 is 2.11 bits per heavy atom. The molecule has 0 radical (unpaired) electrons. The van der Waals surface area contributed by atoms with Crippen LogP contribution in [0, 0.1) is 0 Å². The molecule has 1 aromatic heterocycles. The maximum atomic E-state index is 11.0. The molecule has 100 valence electrons. The first-order valence-electron chi connectivity index (χ1n) is 6.60. The van der Waals surface area contributed by atoms with Crippen LogP contribution in [0.4, 0.5) is 0 Å². The molecule has 4 heteroatoms. The van der Waals surface area contributed by atoms with Gasteiger partial charge in [0.25, 0.3) is 12.6 Å². The zero-order chi connectivity index (χ0) is 13.2. The van der Waals surface area contributed by atoms with E-state index in [1.807, 2.05) is 10.8 Å². The summed E-state index contributed by atoms with van der Waals surface area (Å²) in [7, 11) is 0. The minimum absolute atomic E-state index is 0.413. The Hall–Kier alpha value is -1.42. The van der Waals surface area contributed by atoms with Crippen molar-refractivity contribution in [2.75, 3.05) is 6.61 Å². The van der Waals surface area contributed by atoms with Crippen molar-refractivity contribution in [1.82, 2.24) is 0 Å². The third kappa shape index (κ3) is 5.77. The van der Waals surface area contributed by atoms with Crippen LogP contribution < -0.4 is 10.3 Å². The van der Waals surface area contributed by atoms with E-state index < -0.39 is 5.91 Å². The van der Waals surface area contributed by atoms with Gasteiger partial charge in [-0.2, -0.15) is 4.57 Å². The zero-order valence-corrected chi connectivity index (χ0v) is 11.1. The number of ether oxygens (including phenoxy) is 1. The standard InChI is InChI=1S/C14H22N2O2/c1-2-3-4-5-6-10-18-12-16-9-7-8-13(11-16)14(15)17/h7-9,11H,2-6,10,12H2,1H3,(H-,15,17)/p+1. The Bertz CT molecular complexity index is 367. The summed E-state index contributed by atoms with van der Waals surface area (Å²) in [5.74, 6) is -0.413. The topological polar surface area (TPSA) is 56.2 Å². The maximum Gasteiger partial charge on any atom is 0.254 e. The lowest BCUT2D eigenvalue weighted by Crippen LogP contribution is -2.36. The number of nitrogens with zero attached hydrogens (tertiary/aromatic N) is 1. The van der Waals surface area contributed by atoms with E-state index >= 15 is 0 Å². The van der Waals surface area contributed by atoms with Crippen LogP contribution in [-0.4, -0.2) is 12.5 Å². The summed E-state index contributed by atoms with van der Waals surface area (Å²) < 4.78 is 7.37. The minimum atomic E-state index is -0.413. The molecule has 1 aromatic rings. The van der Waals surface area contributed by atoms with E-state index in [-0.39, 0.29) is 0 Å². The smallest absolute Gasteiger partial charge is 0.254 e. The number of carbonyl (C=O) groups excluding carboxylic acids is 1. The van der Waals surface area contributed by atoms with Crippen LogP contribution in [0.15, 0.2) is 24.5 Å². The van der Waals surface area contributed by atoms with Gasteiger partial charge in [0.15, 0.2) is 12.4 Å². The van der Waals surface area contributed by atoms with Gasteiger partial charge in [-0.3, -0.25) is 4.79 Å². The van der Waals surface area contributed by atoms with Crippen LogP contribution in [0.2, 0.25) is 0 Å². The summed E-state index contributed by atoms with van der Waals surface area (Å²) in [6.45, 7) is 3.44. The van der Waals surface area contributed by atoms with Crippen LogP contribution >= 0.6 is 0 Å². The second kappa shape index (κ2) is 8.64. The molecule has 1 amide bonds. The second-order valence-corrected chi connectivity index (χ2v) is 4.42. The van der Waals surface area contributed by atoms with E-state index in [2.05, 4.69) is 6.92 Å². The molecule has 4 nitrogen and oxygen atoms in total. The average Bonchev–Trinajstić information content (AvgIpc) is 2.38. The molecule has 0 aliphatic heterocycles. The summed E-state index contributed by atoms with van der Waals surface area (Å²) >= 11 is 0. The lowest BCUT2D eigenvalue weighted by Gasteiger charge is -2.01. The normalized spacial score (nSPS) is 10.5. The van der Waals surface area contributed by atoms with Gasteiger partial charge in [0.1, 0.15) is 5.56 Å². The van der Waals surface area contributed by atoms with Gasteiger partial charge in [-0.05, 0) is 12.5 Å². The SMILES string of the molecule is CCCCCCCOC[n+]1cccc(C(N)=O)c1. The predicted molar refractivity (Wildman–Crippen MR) is 69.9 cm³/mol. The number of carbonyl (C=O) groups is 1. The van der Waals surface area contributed by atoms with Gasteiger partial charge in [0, 0.05) is 6.07 Å². The van der Waals surface area contributed by atoms with E-state index in [9.17, 15) is 4.79 Å². The number of hydrogen-bond donors (Lipinski definition) is 1. The van der Waals surface area contributed by atoms with Gasteiger partial charge in [-0.15, -0.1) is 0 Å². The van der Waals surface area contributed by atoms with Crippen LogP contribution in [0.3, 0.4) is 0 Å². The van der Waals surface area contributed by atoms with Crippen molar-refractivity contribution < 1.29 is 14.1 Å². The Kier molecular flexibility index (Phi) is 7.03. The van der Waals surface area contributed by atoms with Gasteiger partial charge >= 0.3 is 0 Å². The van der Waals surface area contributed by atoms with Crippen molar-refractivity contribution in [2.24, 2.45) is 5.73 Å². The van der Waals surface area contributed by atoms with Crippen molar-refractivity contribution in [2.45, 2.75) is 45.8 Å². The molecule has 0 saturated heterocycles. The molecule has 2 N–H and O–H groups in total. The first-order valence-corrected chi connectivity index (χ1v) is 6.60. The Balaban J connectivity index is 2.19. The fourth-order valence-corrected chi connectivity index (χ4v) is 1.73. The Morgan fingerprint density at radius 3 is 2.83 bits per heavy atom. The fraction of sp³-hybridized carbons (Fsp3) is 0.571. The van der Waals surface area contributed by atoms with E-state index in [0.29, 0.717) is 12.3 Å². The summed E-state index contributed by atoms with van der Waals surface area (Å²) in [6.07, 6.45) is 9.73. The van der Waals surface area contributed by atoms with Crippen molar-refractivity contribution in [1.29, 1.82) is 0 Å².